The number of rotatable bonds is 2. The van der Waals surface area contributed by atoms with Crippen molar-refractivity contribution in [1.29, 1.82) is 0 Å². The third kappa shape index (κ3) is 2.29. The van der Waals surface area contributed by atoms with Gasteiger partial charge in [0.2, 0.25) is 0 Å². The number of nitrogens with one attached hydrogen (secondary N) is 1. The number of carbonyl (C=O) groups is 1. The highest BCUT2D eigenvalue weighted by Crippen LogP contribution is 2.21. The summed E-state index contributed by atoms with van der Waals surface area (Å²) in [5, 5.41) is 3.22. The van der Waals surface area contributed by atoms with Crippen LogP contribution in [0.2, 0.25) is 0 Å². The molecule has 15 heavy (non-hydrogen) atoms. The van der Waals surface area contributed by atoms with E-state index in [4.69, 9.17) is 0 Å². The van der Waals surface area contributed by atoms with Gasteiger partial charge in [0, 0.05) is 22.5 Å². The van der Waals surface area contributed by atoms with E-state index in [1.807, 2.05) is 25.1 Å². The number of carbonyl (C=O) groups excluding carboxylic acids is 1. The molecule has 0 amide bonds. The molecule has 1 aromatic carbocycles. The summed E-state index contributed by atoms with van der Waals surface area (Å²) in [5.41, 5.74) is 1.98. The van der Waals surface area contributed by atoms with Crippen molar-refractivity contribution in [1.82, 2.24) is 5.32 Å². The van der Waals surface area contributed by atoms with Crippen LogP contribution >= 0.6 is 15.9 Å². The van der Waals surface area contributed by atoms with Gasteiger partial charge in [0.1, 0.15) is 0 Å². The third-order valence-electron chi connectivity index (χ3n) is 2.89. The first-order chi connectivity index (χ1) is 7.18. The van der Waals surface area contributed by atoms with Crippen LogP contribution in [0.15, 0.2) is 22.7 Å². The van der Waals surface area contributed by atoms with Crippen LogP contribution in [0.1, 0.15) is 22.3 Å². The maximum absolute atomic E-state index is 12.0. The van der Waals surface area contributed by atoms with E-state index in [0.29, 0.717) is 0 Å². The second kappa shape index (κ2) is 4.45. The normalized spacial score (nSPS) is 20.5. The van der Waals surface area contributed by atoms with Crippen LogP contribution in [0.3, 0.4) is 0 Å². The minimum atomic E-state index is 0.166. The molecule has 1 unspecified atom stereocenters. The van der Waals surface area contributed by atoms with Crippen molar-refractivity contribution in [3.8, 4) is 0 Å². The lowest BCUT2D eigenvalue weighted by Gasteiger charge is -2.08. The summed E-state index contributed by atoms with van der Waals surface area (Å²) >= 11 is 3.46. The van der Waals surface area contributed by atoms with Crippen molar-refractivity contribution < 1.29 is 4.79 Å². The molecule has 2 rings (SSSR count). The molecule has 0 radical (unpaired) electrons. The standard InChI is InChI=1S/C12H14BrNO/c1-8-2-3-9(6-11(8)13)12(15)10-4-5-14-7-10/h2-3,6,10,14H,4-5,7H2,1H3. The van der Waals surface area contributed by atoms with E-state index >= 15 is 0 Å². The van der Waals surface area contributed by atoms with E-state index in [9.17, 15) is 4.79 Å². The first-order valence-corrected chi connectivity index (χ1v) is 5.99. The summed E-state index contributed by atoms with van der Waals surface area (Å²) in [6.07, 6.45) is 0.963. The number of hydrogen-bond acceptors (Lipinski definition) is 2. The van der Waals surface area contributed by atoms with Crippen LogP contribution in [0.25, 0.3) is 0 Å². The fourth-order valence-electron chi connectivity index (χ4n) is 1.86. The summed E-state index contributed by atoms with van der Waals surface area (Å²) in [6.45, 7) is 3.81. The second-order valence-corrected chi connectivity index (χ2v) is 4.87. The summed E-state index contributed by atoms with van der Waals surface area (Å²) in [4.78, 5) is 12.0. The van der Waals surface area contributed by atoms with Crippen molar-refractivity contribution in [2.75, 3.05) is 13.1 Å². The Morgan fingerprint density at radius 2 is 2.33 bits per heavy atom. The Balaban J connectivity index is 2.21. The summed E-state index contributed by atoms with van der Waals surface area (Å²) in [5.74, 6) is 0.431. The highest BCUT2D eigenvalue weighted by Gasteiger charge is 2.23. The lowest BCUT2D eigenvalue weighted by atomic mass is 9.96. The molecule has 2 nitrogen and oxygen atoms in total. The Bertz CT molecular complexity index is 383. The minimum absolute atomic E-state index is 0.166. The molecule has 0 aliphatic carbocycles. The van der Waals surface area contributed by atoms with E-state index in [2.05, 4.69) is 21.2 Å². The van der Waals surface area contributed by atoms with Crippen molar-refractivity contribution in [2.24, 2.45) is 5.92 Å². The zero-order valence-electron chi connectivity index (χ0n) is 8.72. The molecule has 1 fully saturated rings. The average molecular weight is 268 g/mol. The maximum atomic E-state index is 12.0. The second-order valence-electron chi connectivity index (χ2n) is 4.02. The van der Waals surface area contributed by atoms with Gasteiger partial charge in [0.15, 0.2) is 5.78 Å². The number of halogens is 1. The van der Waals surface area contributed by atoms with Crippen molar-refractivity contribution in [3.05, 3.63) is 33.8 Å². The molecule has 1 N–H and O–H groups in total. The number of hydrogen-bond donors (Lipinski definition) is 1. The molecule has 0 bridgehead atoms. The molecule has 1 aliphatic heterocycles. The van der Waals surface area contributed by atoms with Gasteiger partial charge in [-0.25, -0.2) is 0 Å². The summed E-state index contributed by atoms with van der Waals surface area (Å²) < 4.78 is 1.01. The number of aryl methyl sites for hydroxylation is 1. The van der Waals surface area contributed by atoms with Crippen LogP contribution in [0.5, 0.6) is 0 Å². The molecular weight excluding hydrogens is 254 g/mol. The summed E-state index contributed by atoms with van der Waals surface area (Å²) in [6, 6.07) is 5.83. The fraction of sp³-hybridized carbons (Fsp3) is 0.417. The van der Waals surface area contributed by atoms with E-state index in [1.54, 1.807) is 0 Å². The van der Waals surface area contributed by atoms with E-state index < -0.39 is 0 Å². The average Bonchev–Trinajstić information content (AvgIpc) is 2.74. The van der Waals surface area contributed by atoms with Gasteiger partial charge in [-0.05, 0) is 31.5 Å². The quantitative estimate of drug-likeness (QED) is 0.835. The van der Waals surface area contributed by atoms with Gasteiger partial charge in [-0.1, -0.05) is 28.1 Å². The largest absolute Gasteiger partial charge is 0.316 e. The number of benzene rings is 1. The van der Waals surface area contributed by atoms with Gasteiger partial charge < -0.3 is 5.32 Å². The summed E-state index contributed by atoms with van der Waals surface area (Å²) in [7, 11) is 0. The minimum Gasteiger partial charge on any atom is -0.316 e. The van der Waals surface area contributed by atoms with Gasteiger partial charge in [-0.2, -0.15) is 0 Å². The monoisotopic (exact) mass is 267 g/mol. The zero-order chi connectivity index (χ0) is 10.8. The predicted molar refractivity (Wildman–Crippen MR) is 64.2 cm³/mol. The Morgan fingerprint density at radius 1 is 1.53 bits per heavy atom. The van der Waals surface area contributed by atoms with E-state index in [0.717, 1.165) is 35.1 Å². The van der Waals surface area contributed by atoms with Crippen molar-refractivity contribution in [3.63, 3.8) is 0 Å². The smallest absolute Gasteiger partial charge is 0.167 e. The highest BCUT2D eigenvalue weighted by molar-refractivity contribution is 9.10. The molecular formula is C12H14BrNO. The molecule has 0 saturated carbocycles. The molecule has 1 aliphatic rings. The molecule has 0 spiro atoms. The van der Waals surface area contributed by atoms with Crippen LogP contribution < -0.4 is 5.32 Å². The van der Waals surface area contributed by atoms with Gasteiger partial charge in [-0.3, -0.25) is 4.79 Å². The lowest BCUT2D eigenvalue weighted by Crippen LogP contribution is -2.17. The third-order valence-corrected chi connectivity index (χ3v) is 3.74. The van der Waals surface area contributed by atoms with Crippen molar-refractivity contribution in [2.45, 2.75) is 13.3 Å². The Hall–Kier alpha value is -0.670. The number of ketones is 1. The van der Waals surface area contributed by atoms with Crippen molar-refractivity contribution >= 4 is 21.7 Å². The predicted octanol–water partition coefficient (Wildman–Crippen LogP) is 2.55. The lowest BCUT2D eigenvalue weighted by molar-refractivity contribution is 0.0930. The van der Waals surface area contributed by atoms with Gasteiger partial charge in [-0.15, -0.1) is 0 Å². The first-order valence-electron chi connectivity index (χ1n) is 5.19. The van der Waals surface area contributed by atoms with Crippen LogP contribution in [-0.4, -0.2) is 18.9 Å². The Kier molecular flexibility index (Phi) is 3.22. The van der Waals surface area contributed by atoms with E-state index in [1.165, 1.54) is 0 Å². The topological polar surface area (TPSA) is 29.1 Å². The molecule has 3 heteroatoms. The Labute approximate surface area is 98.2 Å². The number of Topliss-reactive ketones (excluding diaryl/α,β-unsaturated/α-hetero) is 1. The fourth-order valence-corrected chi connectivity index (χ4v) is 2.24. The first kappa shape index (κ1) is 10.8. The van der Waals surface area contributed by atoms with Crippen LogP contribution in [-0.2, 0) is 0 Å². The van der Waals surface area contributed by atoms with Crippen LogP contribution in [0, 0.1) is 12.8 Å². The SMILES string of the molecule is Cc1ccc(C(=O)C2CCNC2)cc1Br. The zero-order valence-corrected chi connectivity index (χ0v) is 10.3. The van der Waals surface area contributed by atoms with Gasteiger partial charge >= 0.3 is 0 Å². The van der Waals surface area contributed by atoms with Crippen LogP contribution in [0.4, 0.5) is 0 Å². The van der Waals surface area contributed by atoms with Gasteiger partial charge in [0.25, 0.3) is 0 Å². The maximum Gasteiger partial charge on any atom is 0.167 e. The molecule has 80 valence electrons. The molecule has 0 aromatic heterocycles. The molecule has 1 heterocycles. The van der Waals surface area contributed by atoms with E-state index in [-0.39, 0.29) is 11.7 Å². The molecule has 1 atom stereocenters. The molecule has 1 aromatic rings. The van der Waals surface area contributed by atoms with Gasteiger partial charge in [0.05, 0.1) is 0 Å². The Morgan fingerprint density at radius 3 is 2.93 bits per heavy atom. The molecule has 1 saturated heterocycles. The highest BCUT2D eigenvalue weighted by atomic mass is 79.9.